The minimum atomic E-state index is 0.197. The van der Waals surface area contributed by atoms with E-state index in [0.717, 1.165) is 34.1 Å². The molecule has 0 aliphatic heterocycles. The molecule has 1 aromatic rings. The summed E-state index contributed by atoms with van der Waals surface area (Å²) in [5.41, 5.74) is 1.26. The van der Waals surface area contributed by atoms with Crippen LogP contribution in [0.3, 0.4) is 0 Å². The van der Waals surface area contributed by atoms with Gasteiger partial charge in [0.1, 0.15) is 0 Å². The summed E-state index contributed by atoms with van der Waals surface area (Å²) >= 11 is 0.589. The van der Waals surface area contributed by atoms with Crippen LogP contribution < -0.4 is 4.73 Å². The average molecular weight is 397 g/mol. The van der Waals surface area contributed by atoms with E-state index in [1.165, 1.54) is 12.0 Å². The summed E-state index contributed by atoms with van der Waals surface area (Å²) in [5.74, 6) is 0. The molecule has 1 rings (SSSR count). The van der Waals surface area contributed by atoms with Crippen LogP contribution in [0.1, 0.15) is 38.2 Å². The molecule has 0 radical (unpaired) electrons. The number of hydrogen-bond donors (Lipinski definition) is 0. The van der Waals surface area contributed by atoms with Gasteiger partial charge >= 0.3 is 143 Å². The Bertz CT molecular complexity index is 386. The number of pyridine rings is 1. The second-order valence-corrected chi connectivity index (χ2v) is 10.5. The van der Waals surface area contributed by atoms with E-state index in [9.17, 15) is 5.21 Å². The van der Waals surface area contributed by atoms with Crippen molar-refractivity contribution in [3.63, 3.8) is 0 Å². The fraction of sp³-hybridized carbons (Fsp3) is 0.688. The molecule has 4 nitrogen and oxygen atoms in total. The summed E-state index contributed by atoms with van der Waals surface area (Å²) in [6.45, 7) is 2.18. The Balaban J connectivity index is 2.42. The third-order valence-corrected chi connectivity index (χ3v) is 6.81. The molecule has 0 saturated carbocycles. The van der Waals surface area contributed by atoms with Crippen molar-refractivity contribution < 1.29 is 14.2 Å². The Labute approximate surface area is 143 Å². The summed E-state index contributed by atoms with van der Waals surface area (Å²) in [4.78, 5) is 0. The molecule has 3 atom stereocenters. The molecule has 0 aromatic carbocycles. The number of hydrogen-bond acceptors (Lipinski definition) is 3. The van der Waals surface area contributed by atoms with Crippen molar-refractivity contribution in [1.82, 2.24) is 0 Å². The molecule has 0 saturated heterocycles. The second-order valence-electron chi connectivity index (χ2n) is 5.79. The molecule has 5 heteroatoms. The quantitative estimate of drug-likeness (QED) is 0.448. The third kappa shape index (κ3) is 7.02. The van der Waals surface area contributed by atoms with E-state index in [1.54, 1.807) is 26.6 Å². The van der Waals surface area contributed by atoms with Crippen LogP contribution in [-0.2, 0) is 15.9 Å². The zero-order valence-corrected chi connectivity index (χ0v) is 19.5. The minimum absolute atomic E-state index is 0.197. The summed E-state index contributed by atoms with van der Waals surface area (Å²) < 4.78 is 12.8. The van der Waals surface area contributed by atoms with Gasteiger partial charge in [0.25, 0.3) is 0 Å². The van der Waals surface area contributed by atoms with E-state index in [1.807, 2.05) is 12.1 Å². The van der Waals surface area contributed by atoms with Crippen LogP contribution in [0.2, 0.25) is 3.67 Å². The van der Waals surface area contributed by atoms with Crippen LogP contribution in [0.25, 0.3) is 0 Å². The summed E-state index contributed by atoms with van der Waals surface area (Å²) in [5, 5.41) is 11.0. The van der Waals surface area contributed by atoms with E-state index >= 15 is 0 Å². The number of methoxy groups -OCH3 is 2. The SMILES string of the molecule is CCCC(OC)C(CC[CH]([InH2])Cc1cc[n+]([O-])cc1)OC. The van der Waals surface area contributed by atoms with Gasteiger partial charge in [-0.15, -0.1) is 0 Å². The zero-order valence-electron chi connectivity index (χ0n) is 13.7. The van der Waals surface area contributed by atoms with Crippen LogP contribution in [0.15, 0.2) is 24.5 Å². The Morgan fingerprint density at radius 1 is 1.10 bits per heavy atom. The average Bonchev–Trinajstić information content (AvgIpc) is 2.49. The number of aromatic nitrogens is 1. The summed E-state index contributed by atoms with van der Waals surface area (Å²) in [7, 11) is 3.56. The first-order valence-electron chi connectivity index (χ1n) is 7.84. The van der Waals surface area contributed by atoms with Crippen molar-refractivity contribution in [1.29, 1.82) is 0 Å². The van der Waals surface area contributed by atoms with Gasteiger partial charge in [-0.1, -0.05) is 0 Å². The van der Waals surface area contributed by atoms with Gasteiger partial charge in [0.05, 0.1) is 0 Å². The van der Waals surface area contributed by atoms with Crippen molar-refractivity contribution in [2.75, 3.05) is 14.2 Å². The van der Waals surface area contributed by atoms with Crippen LogP contribution in [0, 0.1) is 5.21 Å². The van der Waals surface area contributed by atoms with Gasteiger partial charge in [-0.2, -0.15) is 0 Å². The Kier molecular flexibility index (Phi) is 9.36. The van der Waals surface area contributed by atoms with Gasteiger partial charge in [0, 0.05) is 0 Å². The Morgan fingerprint density at radius 2 is 1.67 bits per heavy atom. The van der Waals surface area contributed by atoms with Crippen molar-refractivity contribution in [2.45, 2.75) is 54.9 Å². The van der Waals surface area contributed by atoms with Crippen molar-refractivity contribution >= 4 is 24.4 Å². The molecule has 0 aliphatic rings. The van der Waals surface area contributed by atoms with Gasteiger partial charge in [-0.05, 0) is 0 Å². The van der Waals surface area contributed by atoms with Gasteiger partial charge in [-0.25, -0.2) is 0 Å². The maximum atomic E-state index is 11.0. The molecule has 0 bridgehead atoms. The van der Waals surface area contributed by atoms with E-state index < -0.39 is 0 Å². The molecule has 0 spiro atoms. The fourth-order valence-corrected chi connectivity index (χ4v) is 5.03. The summed E-state index contributed by atoms with van der Waals surface area (Å²) in [6, 6.07) is 3.86. The van der Waals surface area contributed by atoms with E-state index in [2.05, 4.69) is 6.92 Å². The first-order valence-corrected chi connectivity index (χ1v) is 11.1. The molecular weight excluding hydrogens is 369 g/mol. The Hall–Kier alpha value is -0.260. The second kappa shape index (κ2) is 10.5. The molecule has 1 heterocycles. The third-order valence-electron chi connectivity index (χ3n) is 3.99. The Morgan fingerprint density at radius 3 is 2.19 bits per heavy atom. The molecule has 21 heavy (non-hydrogen) atoms. The molecular formula is C16H28InNO3. The van der Waals surface area contributed by atoms with Crippen molar-refractivity contribution in [2.24, 2.45) is 0 Å². The molecule has 118 valence electrons. The van der Waals surface area contributed by atoms with Crippen molar-refractivity contribution in [3.8, 4) is 0 Å². The van der Waals surface area contributed by atoms with Gasteiger partial charge in [0.15, 0.2) is 0 Å². The number of ether oxygens (including phenoxy) is 2. The first kappa shape index (κ1) is 18.8. The number of nitrogens with zero attached hydrogens (tertiary/aromatic N) is 1. The molecule has 1 aromatic heterocycles. The van der Waals surface area contributed by atoms with Gasteiger partial charge in [-0.3, -0.25) is 0 Å². The molecule has 0 aliphatic carbocycles. The normalized spacial score (nSPS) is 15.6. The van der Waals surface area contributed by atoms with Crippen LogP contribution in [-0.4, -0.2) is 50.8 Å². The van der Waals surface area contributed by atoms with Gasteiger partial charge in [0.2, 0.25) is 0 Å². The topological polar surface area (TPSA) is 45.4 Å². The predicted molar refractivity (Wildman–Crippen MR) is 87.1 cm³/mol. The molecule has 0 N–H and O–H groups in total. The van der Waals surface area contributed by atoms with Gasteiger partial charge < -0.3 is 0 Å². The fourth-order valence-electron chi connectivity index (χ4n) is 2.73. The first-order chi connectivity index (χ1) is 10.1. The maximum absolute atomic E-state index is 11.0. The van der Waals surface area contributed by atoms with Crippen LogP contribution >= 0.6 is 0 Å². The number of rotatable bonds is 10. The van der Waals surface area contributed by atoms with Crippen molar-refractivity contribution in [3.05, 3.63) is 35.3 Å². The standard InChI is InChI=1S/C16H26NO3.In.2H/c1-4-7-15(19-2)16(20-3)9-6-5-8-14-10-12-17(18)13-11-14;;;/h5,10-13,15-16H,4,6-9H2,1-3H3;;;. The zero-order chi connectivity index (χ0) is 15.7. The van der Waals surface area contributed by atoms with Crippen LogP contribution in [0.5, 0.6) is 0 Å². The van der Waals surface area contributed by atoms with Crippen LogP contribution in [0.4, 0.5) is 0 Å². The molecule has 0 fully saturated rings. The predicted octanol–water partition coefficient (Wildman–Crippen LogP) is 1.89. The molecule has 0 amide bonds. The van der Waals surface area contributed by atoms with E-state index in [-0.39, 0.29) is 12.2 Å². The summed E-state index contributed by atoms with van der Waals surface area (Å²) in [6.07, 6.45) is 9.06. The monoisotopic (exact) mass is 397 g/mol. The molecule has 3 unspecified atom stereocenters. The van der Waals surface area contributed by atoms with E-state index in [4.69, 9.17) is 9.47 Å². The van der Waals surface area contributed by atoms with E-state index in [0.29, 0.717) is 24.4 Å².